The van der Waals surface area contributed by atoms with Crippen LogP contribution in [0, 0.1) is 0 Å². The zero-order valence-corrected chi connectivity index (χ0v) is 16.8. The van der Waals surface area contributed by atoms with Gasteiger partial charge in [-0.3, -0.25) is 19.2 Å². The highest BCUT2D eigenvalue weighted by molar-refractivity contribution is 7.80. The van der Waals surface area contributed by atoms with Crippen molar-refractivity contribution < 1.29 is 34.2 Å². The highest BCUT2D eigenvalue weighted by atomic mass is 32.1. The summed E-state index contributed by atoms with van der Waals surface area (Å²) >= 11 is 3.96. The van der Waals surface area contributed by atoms with Crippen LogP contribution in [-0.2, 0) is 24.0 Å². The van der Waals surface area contributed by atoms with E-state index in [4.69, 9.17) is 10.8 Å². The maximum absolute atomic E-state index is 12.5. The molecule has 29 heavy (non-hydrogen) atoms. The first-order chi connectivity index (χ1) is 13.6. The number of carboxylic acid groups (broad SMARTS) is 1. The van der Waals surface area contributed by atoms with Gasteiger partial charge in [-0.25, -0.2) is 4.79 Å². The van der Waals surface area contributed by atoms with Gasteiger partial charge in [-0.1, -0.05) is 0 Å². The molecule has 4 amide bonds. The van der Waals surface area contributed by atoms with E-state index in [1.807, 2.05) is 0 Å². The van der Waals surface area contributed by atoms with Crippen LogP contribution in [0.3, 0.4) is 0 Å². The van der Waals surface area contributed by atoms with Crippen molar-refractivity contribution in [2.45, 2.75) is 56.5 Å². The van der Waals surface area contributed by atoms with E-state index in [-0.39, 0.29) is 5.75 Å². The van der Waals surface area contributed by atoms with Gasteiger partial charge in [0.15, 0.2) is 6.04 Å². The van der Waals surface area contributed by atoms with Gasteiger partial charge in [0.2, 0.25) is 23.6 Å². The molecule has 1 aliphatic rings. The third-order valence-electron chi connectivity index (χ3n) is 4.28. The Kier molecular flexibility index (Phi) is 9.85. The zero-order chi connectivity index (χ0) is 22.1. The second-order valence-corrected chi connectivity index (χ2v) is 7.05. The number of primary amides is 1. The molecule has 13 heteroatoms. The number of rotatable bonds is 11. The number of amides is 4. The molecule has 0 radical (unpaired) electrons. The molecule has 0 bridgehead atoms. The molecule has 0 aromatic heterocycles. The van der Waals surface area contributed by atoms with Crippen LogP contribution in [0.5, 0.6) is 0 Å². The SMILES string of the molecule is CC(O)C(NC(=O)C(CS)NC(=O)C(CC(N)=O)NC(=O)C1CCCN1)C(=O)O. The third kappa shape index (κ3) is 7.87. The number of nitrogens with two attached hydrogens (primary N) is 1. The lowest BCUT2D eigenvalue weighted by Crippen LogP contribution is -2.59. The minimum atomic E-state index is -1.59. The molecule has 5 unspecified atom stereocenters. The molecule has 12 nitrogen and oxygen atoms in total. The van der Waals surface area contributed by atoms with Gasteiger partial charge in [-0.2, -0.15) is 12.6 Å². The van der Waals surface area contributed by atoms with Gasteiger partial charge in [0.05, 0.1) is 18.6 Å². The van der Waals surface area contributed by atoms with Gasteiger partial charge in [-0.15, -0.1) is 0 Å². The summed E-state index contributed by atoms with van der Waals surface area (Å²) in [4.78, 5) is 59.4. The maximum atomic E-state index is 12.5. The molecule has 164 valence electrons. The highest BCUT2D eigenvalue weighted by Crippen LogP contribution is 2.06. The summed E-state index contributed by atoms with van der Waals surface area (Å²) in [6, 6.07) is -4.67. The Labute approximate surface area is 172 Å². The van der Waals surface area contributed by atoms with Gasteiger partial charge in [-0.05, 0) is 26.3 Å². The van der Waals surface area contributed by atoms with Crippen LogP contribution < -0.4 is 27.0 Å². The summed E-state index contributed by atoms with van der Waals surface area (Å²) in [6.07, 6.45) is -0.500. The molecule has 0 aromatic carbocycles. The van der Waals surface area contributed by atoms with E-state index in [0.29, 0.717) is 13.0 Å². The smallest absolute Gasteiger partial charge is 0.328 e. The summed E-state index contributed by atoms with van der Waals surface area (Å²) in [6.45, 7) is 1.84. The van der Waals surface area contributed by atoms with Crippen LogP contribution in [0.2, 0.25) is 0 Å². The standard InChI is InChI=1S/C16H27N5O7S/c1-7(22)12(16(27)28)21-15(26)10(6-29)20-14(25)9(5-11(17)23)19-13(24)8-3-2-4-18-8/h7-10,12,18,22,29H,2-6H2,1H3,(H2,17,23)(H,19,24)(H,20,25)(H,21,26)(H,27,28). The van der Waals surface area contributed by atoms with Crippen molar-refractivity contribution >= 4 is 42.2 Å². The topological polar surface area (TPSA) is 200 Å². The summed E-state index contributed by atoms with van der Waals surface area (Å²) in [5.74, 6) is -4.73. The van der Waals surface area contributed by atoms with Crippen molar-refractivity contribution in [3.05, 3.63) is 0 Å². The number of carboxylic acids is 1. The highest BCUT2D eigenvalue weighted by Gasteiger charge is 2.32. The number of thiol groups is 1. The van der Waals surface area contributed by atoms with Crippen LogP contribution in [0.4, 0.5) is 0 Å². The lowest BCUT2D eigenvalue weighted by atomic mass is 10.1. The minimum Gasteiger partial charge on any atom is -0.480 e. The molecule has 1 heterocycles. The summed E-state index contributed by atoms with van der Waals surface area (Å²) in [5.41, 5.74) is 5.14. The Balaban J connectivity index is 2.80. The van der Waals surface area contributed by atoms with Gasteiger partial charge in [0.1, 0.15) is 12.1 Å². The van der Waals surface area contributed by atoms with Crippen LogP contribution in [-0.4, -0.2) is 82.4 Å². The molecule has 0 spiro atoms. The average Bonchev–Trinajstić information content (AvgIpc) is 3.16. The zero-order valence-electron chi connectivity index (χ0n) is 15.9. The molecule has 8 N–H and O–H groups in total. The molecular formula is C16H27N5O7S. The second kappa shape index (κ2) is 11.6. The number of carbonyl (C=O) groups is 5. The molecule has 1 rings (SSSR count). The van der Waals surface area contributed by atoms with Crippen molar-refractivity contribution in [3.8, 4) is 0 Å². The number of aliphatic hydroxyl groups excluding tert-OH is 1. The van der Waals surface area contributed by atoms with Gasteiger partial charge in [0, 0.05) is 5.75 Å². The van der Waals surface area contributed by atoms with E-state index in [2.05, 4.69) is 33.9 Å². The molecule has 1 fully saturated rings. The van der Waals surface area contributed by atoms with Gasteiger partial charge in [0.25, 0.3) is 0 Å². The van der Waals surface area contributed by atoms with Crippen LogP contribution in [0.1, 0.15) is 26.2 Å². The Morgan fingerprint density at radius 2 is 1.76 bits per heavy atom. The predicted molar refractivity (Wildman–Crippen MR) is 104 cm³/mol. The van der Waals surface area contributed by atoms with Crippen molar-refractivity contribution in [1.82, 2.24) is 21.3 Å². The fourth-order valence-electron chi connectivity index (χ4n) is 2.70. The molecule has 5 atom stereocenters. The second-order valence-electron chi connectivity index (χ2n) is 6.69. The van der Waals surface area contributed by atoms with Crippen LogP contribution >= 0.6 is 12.6 Å². The monoisotopic (exact) mass is 433 g/mol. The van der Waals surface area contributed by atoms with Crippen molar-refractivity contribution in [2.75, 3.05) is 12.3 Å². The quantitative estimate of drug-likeness (QED) is 0.153. The first-order valence-corrected chi connectivity index (χ1v) is 9.64. The normalized spacial score (nSPS) is 20.0. The molecule has 1 saturated heterocycles. The Morgan fingerprint density at radius 3 is 2.21 bits per heavy atom. The Morgan fingerprint density at radius 1 is 1.14 bits per heavy atom. The van der Waals surface area contributed by atoms with E-state index in [9.17, 15) is 29.1 Å². The fraction of sp³-hybridized carbons (Fsp3) is 0.688. The van der Waals surface area contributed by atoms with E-state index < -0.39 is 66.3 Å². The lowest BCUT2D eigenvalue weighted by Gasteiger charge is -2.24. The third-order valence-corrected chi connectivity index (χ3v) is 4.64. The summed E-state index contributed by atoms with van der Waals surface area (Å²) < 4.78 is 0. The van der Waals surface area contributed by atoms with Crippen molar-refractivity contribution in [2.24, 2.45) is 5.73 Å². The summed E-state index contributed by atoms with van der Waals surface area (Å²) in [7, 11) is 0. The average molecular weight is 433 g/mol. The number of aliphatic hydroxyl groups is 1. The predicted octanol–water partition coefficient (Wildman–Crippen LogP) is -3.54. The number of carbonyl (C=O) groups excluding carboxylic acids is 4. The molecular weight excluding hydrogens is 406 g/mol. The Bertz CT molecular complexity index is 639. The number of hydrogen-bond donors (Lipinski definition) is 8. The minimum absolute atomic E-state index is 0.203. The number of aliphatic carboxylic acids is 1. The van der Waals surface area contributed by atoms with Crippen LogP contribution in [0.25, 0.3) is 0 Å². The first kappa shape index (κ1) is 24.7. The number of hydrogen-bond acceptors (Lipinski definition) is 8. The first-order valence-electron chi connectivity index (χ1n) is 9.01. The van der Waals surface area contributed by atoms with E-state index in [1.54, 1.807) is 0 Å². The van der Waals surface area contributed by atoms with Crippen LogP contribution in [0.15, 0.2) is 0 Å². The lowest BCUT2D eigenvalue weighted by molar-refractivity contribution is -0.145. The van der Waals surface area contributed by atoms with Crippen molar-refractivity contribution in [3.63, 3.8) is 0 Å². The maximum Gasteiger partial charge on any atom is 0.328 e. The molecule has 1 aliphatic heterocycles. The van der Waals surface area contributed by atoms with Crippen molar-refractivity contribution in [1.29, 1.82) is 0 Å². The molecule has 0 aliphatic carbocycles. The molecule has 0 aromatic rings. The van der Waals surface area contributed by atoms with E-state index in [1.165, 1.54) is 6.92 Å². The number of nitrogens with one attached hydrogen (secondary N) is 4. The fourth-order valence-corrected chi connectivity index (χ4v) is 2.96. The Hall–Kier alpha value is -2.38. The van der Waals surface area contributed by atoms with E-state index >= 15 is 0 Å². The largest absolute Gasteiger partial charge is 0.480 e. The summed E-state index contributed by atoms with van der Waals surface area (Å²) in [5, 5.41) is 28.3. The van der Waals surface area contributed by atoms with Gasteiger partial charge >= 0.3 is 5.97 Å². The molecule has 0 saturated carbocycles. The van der Waals surface area contributed by atoms with E-state index in [0.717, 1.165) is 6.42 Å². The van der Waals surface area contributed by atoms with Gasteiger partial charge < -0.3 is 37.2 Å².